The Morgan fingerprint density at radius 2 is 1.76 bits per heavy atom. The summed E-state index contributed by atoms with van der Waals surface area (Å²) in [5.41, 5.74) is 2.30. The van der Waals surface area contributed by atoms with Gasteiger partial charge in [-0.05, 0) is 76.8 Å². The van der Waals surface area contributed by atoms with Crippen LogP contribution in [0, 0.1) is 0 Å². The van der Waals surface area contributed by atoms with Crippen LogP contribution in [-0.2, 0) is 4.74 Å². The number of Topliss-reactive ketones (excluding diaryl/α,β-unsaturated/α-hetero) is 1. The van der Waals surface area contributed by atoms with Gasteiger partial charge < -0.3 is 18.3 Å². The molecular weight excluding hydrogens is 488 g/mol. The van der Waals surface area contributed by atoms with Gasteiger partial charge in [0.2, 0.25) is 17.6 Å². The first-order valence-corrected chi connectivity index (χ1v) is 11.3. The van der Waals surface area contributed by atoms with E-state index >= 15 is 0 Å². The molecule has 8 heteroatoms. The topological polar surface area (TPSA) is 87.6 Å². The lowest BCUT2D eigenvalue weighted by molar-refractivity contribution is 0.0577. The highest BCUT2D eigenvalue weighted by molar-refractivity contribution is 9.10. The summed E-state index contributed by atoms with van der Waals surface area (Å²) in [7, 11) is 3.10. The minimum absolute atomic E-state index is 0.216. The van der Waals surface area contributed by atoms with Crippen LogP contribution >= 0.6 is 15.9 Å². The number of furan rings is 1. The Balaban J connectivity index is 1.35. The van der Waals surface area contributed by atoms with Crippen molar-refractivity contribution in [1.29, 1.82) is 0 Å². The van der Waals surface area contributed by atoms with Gasteiger partial charge in [-0.1, -0.05) is 12.1 Å². The van der Waals surface area contributed by atoms with Crippen LogP contribution in [0.4, 0.5) is 0 Å². The first-order valence-electron chi connectivity index (χ1n) is 10.5. The van der Waals surface area contributed by atoms with Gasteiger partial charge in [0.05, 0.1) is 11.6 Å². The first kappa shape index (κ1) is 21.6. The van der Waals surface area contributed by atoms with Gasteiger partial charge in [-0.15, -0.1) is 10.2 Å². The highest BCUT2D eigenvalue weighted by atomic mass is 79.9. The molecule has 7 nitrogen and oxygen atoms in total. The van der Waals surface area contributed by atoms with Crippen molar-refractivity contribution < 1.29 is 23.1 Å². The summed E-state index contributed by atoms with van der Waals surface area (Å²) in [6, 6.07) is 16.4. The minimum atomic E-state index is -0.804. The molecule has 1 unspecified atom stereocenters. The van der Waals surface area contributed by atoms with Crippen molar-refractivity contribution >= 4 is 21.7 Å². The molecule has 2 aromatic heterocycles. The zero-order valence-electron chi connectivity index (χ0n) is 18.1. The summed E-state index contributed by atoms with van der Waals surface area (Å²) in [6.07, 6.45) is 1.40. The van der Waals surface area contributed by atoms with E-state index in [1.54, 1.807) is 19.2 Å². The number of aromatic nitrogens is 2. The van der Waals surface area contributed by atoms with Crippen molar-refractivity contribution in [2.24, 2.45) is 0 Å². The molecule has 0 aliphatic heterocycles. The molecule has 2 aromatic carbocycles. The number of hydrogen-bond acceptors (Lipinski definition) is 7. The Bertz CT molecular complexity index is 1290. The van der Waals surface area contributed by atoms with Crippen LogP contribution in [0.15, 0.2) is 67.9 Å². The Kier molecular flexibility index (Phi) is 5.86. The number of carbonyl (C=O) groups is 1. The molecule has 4 aromatic rings. The average molecular weight is 509 g/mol. The molecule has 1 atom stereocenters. The van der Waals surface area contributed by atoms with Gasteiger partial charge >= 0.3 is 0 Å². The normalized spacial score (nSPS) is 14.3. The molecule has 5 rings (SSSR count). The summed E-state index contributed by atoms with van der Waals surface area (Å²) in [6.45, 7) is 0. The number of methoxy groups -OCH3 is 2. The highest BCUT2D eigenvalue weighted by Gasteiger charge is 2.30. The van der Waals surface area contributed by atoms with Gasteiger partial charge in [0.25, 0.3) is 0 Å². The molecule has 33 heavy (non-hydrogen) atoms. The van der Waals surface area contributed by atoms with Crippen LogP contribution in [-0.4, -0.2) is 30.2 Å². The number of hydrogen-bond donors (Lipinski definition) is 0. The van der Waals surface area contributed by atoms with E-state index in [0.29, 0.717) is 34.8 Å². The van der Waals surface area contributed by atoms with E-state index in [1.165, 1.54) is 7.11 Å². The summed E-state index contributed by atoms with van der Waals surface area (Å²) in [5, 5.41) is 8.25. The maximum atomic E-state index is 13.1. The van der Waals surface area contributed by atoms with Crippen LogP contribution in [0.5, 0.6) is 5.75 Å². The number of benzene rings is 2. The van der Waals surface area contributed by atoms with Crippen molar-refractivity contribution in [2.45, 2.75) is 24.9 Å². The standard InChI is InChI=1S/C25H21BrN2O5/c1-30-21-13-17(9-10-18(21)26)19-11-12-20(32-19)22(29)23(31-2)14-3-5-15(6-4-14)24-27-28-25(33-24)16-7-8-16/h3-6,9-13,16,23H,7-8H2,1-2H3. The number of ketones is 1. The van der Waals surface area contributed by atoms with E-state index in [0.717, 1.165) is 28.4 Å². The van der Waals surface area contributed by atoms with Crippen LogP contribution < -0.4 is 4.74 Å². The molecule has 0 bridgehead atoms. The highest BCUT2D eigenvalue weighted by Crippen LogP contribution is 2.40. The zero-order chi connectivity index (χ0) is 22.9. The molecule has 2 heterocycles. The van der Waals surface area contributed by atoms with Gasteiger partial charge in [-0.3, -0.25) is 4.79 Å². The lowest BCUT2D eigenvalue weighted by Gasteiger charge is -2.13. The number of ether oxygens (including phenoxy) is 2. The third kappa shape index (κ3) is 4.36. The molecule has 1 aliphatic rings. The number of halogens is 1. The SMILES string of the molecule is COc1cc(-c2ccc(C(=O)C(OC)c3ccc(-c4nnc(C5CC5)o4)cc3)o2)ccc1Br. The van der Waals surface area contributed by atoms with Gasteiger partial charge in [-0.2, -0.15) is 0 Å². The summed E-state index contributed by atoms with van der Waals surface area (Å²) >= 11 is 3.44. The smallest absolute Gasteiger partial charge is 0.247 e. The van der Waals surface area contributed by atoms with E-state index in [2.05, 4.69) is 26.1 Å². The third-order valence-electron chi connectivity index (χ3n) is 5.59. The van der Waals surface area contributed by atoms with Crippen molar-refractivity contribution in [2.75, 3.05) is 14.2 Å². The molecule has 1 saturated carbocycles. The second-order valence-corrected chi connectivity index (χ2v) is 8.69. The molecule has 1 aliphatic carbocycles. The van der Waals surface area contributed by atoms with Gasteiger partial charge in [0.15, 0.2) is 5.76 Å². The van der Waals surface area contributed by atoms with Crippen molar-refractivity contribution in [3.63, 3.8) is 0 Å². The fraction of sp³-hybridized carbons (Fsp3) is 0.240. The molecule has 0 N–H and O–H groups in total. The van der Waals surface area contributed by atoms with Crippen LogP contribution in [0.2, 0.25) is 0 Å². The molecule has 0 spiro atoms. The lowest BCUT2D eigenvalue weighted by atomic mass is 10.0. The summed E-state index contributed by atoms with van der Waals surface area (Å²) < 4.78 is 23.3. The quantitative estimate of drug-likeness (QED) is 0.261. The van der Waals surface area contributed by atoms with E-state index in [1.807, 2.05) is 42.5 Å². The lowest BCUT2D eigenvalue weighted by Crippen LogP contribution is -2.14. The van der Waals surface area contributed by atoms with Crippen molar-refractivity contribution in [1.82, 2.24) is 10.2 Å². The van der Waals surface area contributed by atoms with Gasteiger partial charge in [-0.25, -0.2) is 0 Å². The first-order chi connectivity index (χ1) is 16.1. The van der Waals surface area contributed by atoms with E-state index in [9.17, 15) is 4.79 Å². The monoisotopic (exact) mass is 508 g/mol. The minimum Gasteiger partial charge on any atom is -0.496 e. The Labute approximate surface area is 198 Å². The van der Waals surface area contributed by atoms with E-state index in [4.69, 9.17) is 18.3 Å². The van der Waals surface area contributed by atoms with Crippen molar-refractivity contribution in [3.8, 4) is 28.5 Å². The fourth-order valence-corrected chi connectivity index (χ4v) is 4.02. The van der Waals surface area contributed by atoms with Crippen LogP contribution in [0.3, 0.4) is 0 Å². The molecule has 0 amide bonds. The van der Waals surface area contributed by atoms with Gasteiger partial charge in [0, 0.05) is 24.2 Å². The maximum Gasteiger partial charge on any atom is 0.247 e. The van der Waals surface area contributed by atoms with Gasteiger partial charge in [0.1, 0.15) is 17.6 Å². The molecule has 0 radical (unpaired) electrons. The predicted octanol–water partition coefficient (Wildman–Crippen LogP) is 6.22. The van der Waals surface area contributed by atoms with E-state index in [-0.39, 0.29) is 11.5 Å². The second kappa shape index (κ2) is 8.96. The van der Waals surface area contributed by atoms with E-state index < -0.39 is 6.10 Å². The second-order valence-electron chi connectivity index (χ2n) is 7.83. The molecule has 1 fully saturated rings. The Hall–Kier alpha value is -3.23. The zero-order valence-corrected chi connectivity index (χ0v) is 19.7. The Morgan fingerprint density at radius 3 is 2.45 bits per heavy atom. The molecule has 0 saturated heterocycles. The maximum absolute atomic E-state index is 13.1. The van der Waals surface area contributed by atoms with Crippen LogP contribution in [0.25, 0.3) is 22.8 Å². The number of rotatable bonds is 8. The average Bonchev–Trinajstić information content (AvgIpc) is 3.36. The van der Waals surface area contributed by atoms with Crippen molar-refractivity contribution in [3.05, 3.63) is 76.3 Å². The van der Waals surface area contributed by atoms with Crippen LogP contribution in [0.1, 0.15) is 46.9 Å². The summed E-state index contributed by atoms with van der Waals surface area (Å²) in [5.74, 6) is 2.76. The molecular formula is C25H21BrN2O5. The number of nitrogens with zero attached hydrogens (tertiary/aromatic N) is 2. The summed E-state index contributed by atoms with van der Waals surface area (Å²) in [4.78, 5) is 13.1. The predicted molar refractivity (Wildman–Crippen MR) is 124 cm³/mol. The third-order valence-corrected chi connectivity index (χ3v) is 6.24. The largest absolute Gasteiger partial charge is 0.496 e. The Morgan fingerprint density at radius 1 is 1.00 bits per heavy atom. The number of carbonyl (C=O) groups excluding carboxylic acids is 1. The molecule has 168 valence electrons. The fourth-order valence-electron chi connectivity index (χ4n) is 3.61.